The van der Waals surface area contributed by atoms with E-state index in [1.807, 2.05) is 13.0 Å². The minimum absolute atomic E-state index is 0.210. The van der Waals surface area contributed by atoms with Gasteiger partial charge >= 0.3 is 0 Å². The molecule has 2 aromatic rings. The summed E-state index contributed by atoms with van der Waals surface area (Å²) in [6, 6.07) is 12.3. The molecule has 2 aromatic carbocycles. The van der Waals surface area contributed by atoms with Crippen molar-refractivity contribution in [3.8, 4) is 11.8 Å². The Hall–Kier alpha value is -2.28. The van der Waals surface area contributed by atoms with E-state index < -0.39 is 0 Å². The molecule has 2 N–H and O–H groups in total. The summed E-state index contributed by atoms with van der Waals surface area (Å²) in [5.41, 5.74) is 2.77. The van der Waals surface area contributed by atoms with Crippen LogP contribution in [0.3, 0.4) is 0 Å². The number of anilines is 1. The Kier molecular flexibility index (Phi) is 4.99. The number of carbonyl (C=O) groups excluding carboxylic acids is 1. The third-order valence-electron chi connectivity index (χ3n) is 2.87. The molecule has 106 valence electrons. The van der Waals surface area contributed by atoms with E-state index >= 15 is 0 Å². The van der Waals surface area contributed by atoms with Crippen LogP contribution in [0.2, 0.25) is 5.02 Å². The lowest BCUT2D eigenvalue weighted by molar-refractivity contribution is 0.102. The van der Waals surface area contributed by atoms with Crippen LogP contribution in [-0.2, 0) is 0 Å². The molecule has 0 radical (unpaired) electrons. The largest absolute Gasteiger partial charge is 0.384 e. The molecule has 0 heterocycles. The fourth-order valence-electron chi connectivity index (χ4n) is 1.75. The lowest BCUT2D eigenvalue weighted by atomic mass is 10.1. The average Bonchev–Trinajstić information content (AvgIpc) is 2.49. The third kappa shape index (κ3) is 4.09. The van der Waals surface area contributed by atoms with Gasteiger partial charge in [0.2, 0.25) is 0 Å². The number of aliphatic hydroxyl groups excluding tert-OH is 1. The van der Waals surface area contributed by atoms with Crippen LogP contribution >= 0.6 is 11.6 Å². The van der Waals surface area contributed by atoms with Gasteiger partial charge in [-0.2, -0.15) is 0 Å². The SMILES string of the molecule is Cc1ccc(NC(=O)c2cccc(C#CCO)c2)cc1Cl. The van der Waals surface area contributed by atoms with E-state index in [2.05, 4.69) is 17.2 Å². The molecule has 0 bridgehead atoms. The van der Waals surface area contributed by atoms with Crippen molar-refractivity contribution in [1.82, 2.24) is 0 Å². The first-order valence-electron chi connectivity index (χ1n) is 6.37. The van der Waals surface area contributed by atoms with Crippen molar-refractivity contribution in [3.05, 3.63) is 64.2 Å². The van der Waals surface area contributed by atoms with Crippen molar-refractivity contribution in [2.24, 2.45) is 0 Å². The molecule has 0 aliphatic heterocycles. The first-order valence-corrected chi connectivity index (χ1v) is 6.75. The van der Waals surface area contributed by atoms with Gasteiger partial charge < -0.3 is 10.4 Å². The van der Waals surface area contributed by atoms with E-state index in [9.17, 15) is 4.79 Å². The first-order chi connectivity index (χ1) is 10.1. The third-order valence-corrected chi connectivity index (χ3v) is 3.27. The van der Waals surface area contributed by atoms with Crippen LogP contribution in [0, 0.1) is 18.8 Å². The molecule has 0 aliphatic rings. The zero-order valence-electron chi connectivity index (χ0n) is 11.5. The number of aryl methyl sites for hydroxylation is 1. The van der Waals surface area contributed by atoms with Gasteiger partial charge in [-0.25, -0.2) is 0 Å². The van der Waals surface area contributed by atoms with Crippen LogP contribution in [0.4, 0.5) is 5.69 Å². The molecule has 0 aromatic heterocycles. The second kappa shape index (κ2) is 6.94. The number of hydrogen-bond donors (Lipinski definition) is 2. The Labute approximate surface area is 128 Å². The van der Waals surface area contributed by atoms with Crippen molar-refractivity contribution in [3.63, 3.8) is 0 Å². The van der Waals surface area contributed by atoms with E-state index in [0.717, 1.165) is 5.56 Å². The second-order valence-corrected chi connectivity index (χ2v) is 4.87. The predicted octanol–water partition coefficient (Wildman–Crippen LogP) is 3.24. The van der Waals surface area contributed by atoms with Crippen LogP contribution < -0.4 is 5.32 Å². The minimum atomic E-state index is -0.234. The quantitative estimate of drug-likeness (QED) is 0.836. The number of benzene rings is 2. The molecule has 0 atom stereocenters. The monoisotopic (exact) mass is 299 g/mol. The zero-order chi connectivity index (χ0) is 15.2. The maximum absolute atomic E-state index is 12.2. The molecule has 2 rings (SSSR count). The molecule has 1 amide bonds. The summed E-state index contributed by atoms with van der Waals surface area (Å²) in [7, 11) is 0. The van der Waals surface area contributed by atoms with Crippen molar-refractivity contribution in [1.29, 1.82) is 0 Å². The van der Waals surface area contributed by atoms with Gasteiger partial charge in [0.1, 0.15) is 6.61 Å². The highest BCUT2D eigenvalue weighted by atomic mass is 35.5. The Balaban J connectivity index is 2.18. The van der Waals surface area contributed by atoms with Gasteiger partial charge in [0, 0.05) is 21.8 Å². The van der Waals surface area contributed by atoms with Gasteiger partial charge in [-0.1, -0.05) is 35.6 Å². The van der Waals surface area contributed by atoms with Crippen molar-refractivity contribution >= 4 is 23.2 Å². The van der Waals surface area contributed by atoms with Gasteiger partial charge in [0.15, 0.2) is 0 Å². The molecular formula is C17H14ClNO2. The molecule has 0 spiro atoms. The van der Waals surface area contributed by atoms with E-state index in [1.165, 1.54) is 0 Å². The van der Waals surface area contributed by atoms with Crippen LogP contribution in [0.5, 0.6) is 0 Å². The highest BCUT2D eigenvalue weighted by molar-refractivity contribution is 6.31. The summed E-state index contributed by atoms with van der Waals surface area (Å²) in [4.78, 5) is 12.2. The molecule has 0 unspecified atom stereocenters. The van der Waals surface area contributed by atoms with Crippen LogP contribution in [-0.4, -0.2) is 17.6 Å². The van der Waals surface area contributed by atoms with Gasteiger partial charge in [-0.15, -0.1) is 0 Å². The Morgan fingerprint density at radius 1 is 1.29 bits per heavy atom. The number of nitrogens with one attached hydrogen (secondary N) is 1. The summed E-state index contributed by atoms with van der Waals surface area (Å²) in [6.45, 7) is 1.69. The number of amides is 1. The minimum Gasteiger partial charge on any atom is -0.384 e. The lowest BCUT2D eigenvalue weighted by Crippen LogP contribution is -2.12. The molecule has 4 heteroatoms. The molecule has 0 fully saturated rings. The number of hydrogen-bond acceptors (Lipinski definition) is 2. The predicted molar refractivity (Wildman–Crippen MR) is 84.5 cm³/mol. The van der Waals surface area contributed by atoms with E-state index in [-0.39, 0.29) is 12.5 Å². The lowest BCUT2D eigenvalue weighted by Gasteiger charge is -2.07. The van der Waals surface area contributed by atoms with Crippen molar-refractivity contribution in [2.75, 3.05) is 11.9 Å². The molecule has 0 saturated carbocycles. The molecule has 0 saturated heterocycles. The summed E-state index contributed by atoms with van der Waals surface area (Å²) in [5, 5.41) is 12.1. The maximum atomic E-state index is 12.2. The highest BCUT2D eigenvalue weighted by Gasteiger charge is 2.07. The van der Waals surface area contributed by atoms with E-state index in [4.69, 9.17) is 16.7 Å². The Bertz CT molecular complexity index is 729. The molecular weight excluding hydrogens is 286 g/mol. The Morgan fingerprint density at radius 3 is 2.81 bits per heavy atom. The molecule has 0 aliphatic carbocycles. The van der Waals surface area contributed by atoms with Crippen LogP contribution in [0.15, 0.2) is 42.5 Å². The van der Waals surface area contributed by atoms with Crippen LogP contribution in [0.25, 0.3) is 0 Å². The smallest absolute Gasteiger partial charge is 0.255 e. The number of aliphatic hydroxyl groups is 1. The van der Waals surface area contributed by atoms with Gasteiger partial charge in [-0.05, 0) is 42.8 Å². The fraction of sp³-hybridized carbons (Fsp3) is 0.118. The summed E-state index contributed by atoms with van der Waals surface area (Å²) in [6.07, 6.45) is 0. The van der Waals surface area contributed by atoms with Crippen molar-refractivity contribution in [2.45, 2.75) is 6.92 Å². The molecule has 21 heavy (non-hydrogen) atoms. The van der Waals surface area contributed by atoms with Crippen LogP contribution in [0.1, 0.15) is 21.5 Å². The van der Waals surface area contributed by atoms with Gasteiger partial charge in [-0.3, -0.25) is 4.79 Å². The van der Waals surface area contributed by atoms with Crippen molar-refractivity contribution < 1.29 is 9.90 Å². The van der Waals surface area contributed by atoms with Gasteiger partial charge in [0.25, 0.3) is 5.91 Å². The fourth-order valence-corrected chi connectivity index (χ4v) is 1.93. The van der Waals surface area contributed by atoms with E-state index in [0.29, 0.717) is 21.8 Å². The normalized spacial score (nSPS) is 9.67. The number of halogens is 1. The highest BCUT2D eigenvalue weighted by Crippen LogP contribution is 2.20. The average molecular weight is 300 g/mol. The summed E-state index contributed by atoms with van der Waals surface area (Å²) >= 11 is 6.03. The summed E-state index contributed by atoms with van der Waals surface area (Å²) < 4.78 is 0. The second-order valence-electron chi connectivity index (χ2n) is 4.46. The number of rotatable bonds is 2. The summed E-state index contributed by atoms with van der Waals surface area (Å²) in [5.74, 6) is 5.09. The number of carbonyl (C=O) groups is 1. The first kappa shape index (κ1) is 15.1. The van der Waals surface area contributed by atoms with E-state index in [1.54, 1.807) is 36.4 Å². The topological polar surface area (TPSA) is 49.3 Å². The Morgan fingerprint density at radius 2 is 2.10 bits per heavy atom. The zero-order valence-corrected chi connectivity index (χ0v) is 12.2. The maximum Gasteiger partial charge on any atom is 0.255 e. The standard InChI is InChI=1S/C17H14ClNO2/c1-12-7-8-15(11-16(12)18)19-17(21)14-6-2-4-13(10-14)5-3-9-20/h2,4,6-8,10-11,20H,9H2,1H3,(H,19,21). The molecule has 3 nitrogen and oxygen atoms in total. The van der Waals surface area contributed by atoms with Gasteiger partial charge in [0.05, 0.1) is 0 Å².